The number of piperidine rings is 1. The average molecular weight is 360 g/mol. The maximum absolute atomic E-state index is 12.2. The summed E-state index contributed by atoms with van der Waals surface area (Å²) in [6.07, 6.45) is 3.89. The Bertz CT molecular complexity index is 680. The van der Waals surface area contributed by atoms with E-state index in [1.165, 1.54) is 11.3 Å². The molecule has 0 radical (unpaired) electrons. The van der Waals surface area contributed by atoms with E-state index in [0.717, 1.165) is 31.7 Å². The zero-order valence-corrected chi connectivity index (χ0v) is 15.7. The molecule has 0 spiro atoms. The fourth-order valence-corrected chi connectivity index (χ4v) is 3.54. The highest BCUT2D eigenvalue weighted by Crippen LogP contribution is 2.22. The molecule has 2 aromatic rings. The second-order valence-electron chi connectivity index (χ2n) is 6.57. The van der Waals surface area contributed by atoms with Gasteiger partial charge in [-0.25, -0.2) is 4.98 Å². The summed E-state index contributed by atoms with van der Waals surface area (Å²) >= 11 is 1.29. The molecule has 1 fully saturated rings. The van der Waals surface area contributed by atoms with Crippen molar-refractivity contribution in [1.82, 2.24) is 20.1 Å². The molecule has 1 aliphatic heterocycles. The molecule has 3 heterocycles. The number of nitrogens with zero attached hydrogens (tertiary/aromatic N) is 5. The van der Waals surface area contributed by atoms with E-state index in [1.54, 1.807) is 17.8 Å². The summed E-state index contributed by atoms with van der Waals surface area (Å²) < 4.78 is 0. The summed E-state index contributed by atoms with van der Waals surface area (Å²) in [5.74, 6) is 0.680. The first-order valence-electron chi connectivity index (χ1n) is 8.55. The van der Waals surface area contributed by atoms with Crippen LogP contribution in [-0.2, 0) is 0 Å². The Morgan fingerprint density at radius 1 is 1.36 bits per heavy atom. The van der Waals surface area contributed by atoms with E-state index < -0.39 is 0 Å². The number of anilines is 2. The van der Waals surface area contributed by atoms with E-state index in [0.29, 0.717) is 22.8 Å². The zero-order chi connectivity index (χ0) is 17.8. The van der Waals surface area contributed by atoms with Crippen LogP contribution in [-0.4, -0.2) is 58.2 Å². The van der Waals surface area contributed by atoms with Gasteiger partial charge >= 0.3 is 0 Å². The number of rotatable bonds is 5. The van der Waals surface area contributed by atoms with E-state index in [2.05, 4.69) is 51.2 Å². The van der Waals surface area contributed by atoms with Gasteiger partial charge in [-0.2, -0.15) is 0 Å². The van der Waals surface area contributed by atoms with Crippen LogP contribution in [0.25, 0.3) is 0 Å². The molecule has 1 amide bonds. The Labute approximate surface area is 152 Å². The van der Waals surface area contributed by atoms with Gasteiger partial charge in [0.1, 0.15) is 11.3 Å². The van der Waals surface area contributed by atoms with Crippen molar-refractivity contribution < 1.29 is 4.79 Å². The van der Waals surface area contributed by atoms with Crippen LogP contribution in [0.5, 0.6) is 0 Å². The smallest absolute Gasteiger partial charge is 0.259 e. The van der Waals surface area contributed by atoms with E-state index in [1.807, 2.05) is 6.07 Å². The van der Waals surface area contributed by atoms with Crippen molar-refractivity contribution in [2.45, 2.75) is 38.8 Å². The topological polar surface area (TPSA) is 74.2 Å². The van der Waals surface area contributed by atoms with Crippen LogP contribution in [0.4, 0.5) is 10.9 Å². The van der Waals surface area contributed by atoms with Crippen LogP contribution in [0.15, 0.2) is 23.8 Å². The van der Waals surface area contributed by atoms with Crippen LogP contribution in [0.3, 0.4) is 0 Å². The molecule has 8 heteroatoms. The predicted octanol–water partition coefficient (Wildman–Crippen LogP) is 2.49. The summed E-state index contributed by atoms with van der Waals surface area (Å²) in [5, 5.41) is 10.7. The fraction of sp³-hybridized carbons (Fsp3) is 0.529. The number of aromatic nitrogens is 3. The van der Waals surface area contributed by atoms with Gasteiger partial charge in [0.15, 0.2) is 0 Å². The van der Waals surface area contributed by atoms with Gasteiger partial charge in [0.05, 0.1) is 5.56 Å². The number of likely N-dealkylation sites (tertiary alicyclic amines) is 1. The summed E-state index contributed by atoms with van der Waals surface area (Å²) in [6, 6.07) is 4.81. The van der Waals surface area contributed by atoms with Crippen molar-refractivity contribution in [3.8, 4) is 0 Å². The Balaban J connectivity index is 1.59. The van der Waals surface area contributed by atoms with Crippen molar-refractivity contribution in [3.63, 3.8) is 0 Å². The van der Waals surface area contributed by atoms with Gasteiger partial charge in [0.2, 0.25) is 5.13 Å². The van der Waals surface area contributed by atoms with Crippen molar-refractivity contribution in [1.29, 1.82) is 0 Å². The van der Waals surface area contributed by atoms with E-state index in [4.69, 9.17) is 0 Å². The highest BCUT2D eigenvalue weighted by atomic mass is 32.1. The van der Waals surface area contributed by atoms with Crippen molar-refractivity contribution in [2.75, 3.05) is 30.4 Å². The molecule has 134 valence electrons. The lowest BCUT2D eigenvalue weighted by molar-refractivity contribution is 0.102. The van der Waals surface area contributed by atoms with Gasteiger partial charge in [0, 0.05) is 38.4 Å². The van der Waals surface area contributed by atoms with Gasteiger partial charge in [-0.05, 0) is 38.8 Å². The van der Waals surface area contributed by atoms with Gasteiger partial charge in [-0.3, -0.25) is 10.1 Å². The lowest BCUT2D eigenvalue weighted by atomic mass is 10.0. The lowest BCUT2D eigenvalue weighted by Gasteiger charge is -2.39. The molecule has 3 rings (SSSR count). The van der Waals surface area contributed by atoms with Crippen LogP contribution in [0.2, 0.25) is 0 Å². The van der Waals surface area contributed by atoms with E-state index in [9.17, 15) is 4.79 Å². The molecule has 0 bridgehead atoms. The molecule has 1 N–H and O–H groups in total. The SMILES string of the molecule is CC(C)N1CCC(N(C)c2ccc(C(=O)Nc3nncs3)cn2)CC1. The predicted molar refractivity (Wildman–Crippen MR) is 100 cm³/mol. The van der Waals surface area contributed by atoms with Crippen molar-refractivity contribution in [2.24, 2.45) is 0 Å². The molecule has 0 atom stereocenters. The molecule has 0 aliphatic carbocycles. The molecule has 25 heavy (non-hydrogen) atoms. The molecule has 0 unspecified atom stereocenters. The minimum Gasteiger partial charge on any atom is -0.357 e. The normalized spacial score (nSPS) is 16.2. The number of carbonyl (C=O) groups is 1. The maximum Gasteiger partial charge on any atom is 0.259 e. The van der Waals surface area contributed by atoms with E-state index >= 15 is 0 Å². The molecule has 1 saturated heterocycles. The second-order valence-corrected chi connectivity index (χ2v) is 7.41. The zero-order valence-electron chi connectivity index (χ0n) is 14.8. The Hall–Kier alpha value is -2.06. The third-order valence-electron chi connectivity index (χ3n) is 4.73. The van der Waals surface area contributed by atoms with Gasteiger partial charge in [0.25, 0.3) is 5.91 Å². The summed E-state index contributed by atoms with van der Waals surface area (Å²) in [7, 11) is 2.08. The van der Waals surface area contributed by atoms with Gasteiger partial charge in [-0.1, -0.05) is 11.3 Å². The first kappa shape index (κ1) is 17.8. The first-order valence-corrected chi connectivity index (χ1v) is 9.43. The average Bonchev–Trinajstić information content (AvgIpc) is 3.14. The number of carbonyl (C=O) groups excluding carboxylic acids is 1. The quantitative estimate of drug-likeness (QED) is 0.883. The monoisotopic (exact) mass is 360 g/mol. The summed E-state index contributed by atoms with van der Waals surface area (Å²) in [6.45, 7) is 6.73. The third kappa shape index (κ3) is 4.32. The van der Waals surface area contributed by atoms with Crippen LogP contribution in [0.1, 0.15) is 37.0 Å². The summed E-state index contributed by atoms with van der Waals surface area (Å²) in [5.41, 5.74) is 2.10. The molecule has 0 aromatic carbocycles. The van der Waals surface area contributed by atoms with Gasteiger partial charge in [-0.15, -0.1) is 10.2 Å². The highest BCUT2D eigenvalue weighted by Gasteiger charge is 2.24. The van der Waals surface area contributed by atoms with Crippen molar-refractivity contribution in [3.05, 3.63) is 29.4 Å². The van der Waals surface area contributed by atoms with Crippen LogP contribution in [0, 0.1) is 0 Å². The molecule has 2 aromatic heterocycles. The maximum atomic E-state index is 12.2. The second kappa shape index (κ2) is 7.88. The van der Waals surface area contributed by atoms with Crippen LogP contribution < -0.4 is 10.2 Å². The molecule has 0 saturated carbocycles. The van der Waals surface area contributed by atoms with Crippen molar-refractivity contribution >= 4 is 28.2 Å². The third-order valence-corrected chi connectivity index (χ3v) is 5.34. The van der Waals surface area contributed by atoms with Crippen LogP contribution >= 0.6 is 11.3 Å². The number of nitrogens with one attached hydrogen (secondary N) is 1. The standard InChI is InChI=1S/C17H24N6OS/c1-12(2)23-8-6-14(7-9-23)22(3)15-5-4-13(10-18-15)16(24)20-17-21-19-11-25-17/h4-5,10-12,14H,6-9H2,1-3H3,(H,20,21,24). The molecule has 7 nitrogen and oxygen atoms in total. The molecular formula is C17H24N6OS. The number of hydrogen-bond acceptors (Lipinski definition) is 7. The lowest BCUT2D eigenvalue weighted by Crippen LogP contribution is -2.45. The minimum atomic E-state index is -0.219. The van der Waals surface area contributed by atoms with E-state index in [-0.39, 0.29) is 5.91 Å². The highest BCUT2D eigenvalue weighted by molar-refractivity contribution is 7.13. The fourth-order valence-electron chi connectivity index (χ4n) is 3.10. The Morgan fingerprint density at radius 2 is 2.12 bits per heavy atom. The summed E-state index contributed by atoms with van der Waals surface area (Å²) in [4.78, 5) is 21.4. The number of pyridine rings is 1. The Kier molecular flexibility index (Phi) is 5.60. The minimum absolute atomic E-state index is 0.219. The molecular weight excluding hydrogens is 336 g/mol. The Morgan fingerprint density at radius 3 is 2.68 bits per heavy atom. The first-order chi connectivity index (χ1) is 12.0. The largest absolute Gasteiger partial charge is 0.357 e. The number of amides is 1. The number of hydrogen-bond donors (Lipinski definition) is 1. The van der Waals surface area contributed by atoms with Gasteiger partial charge < -0.3 is 9.80 Å². The molecule has 1 aliphatic rings.